The Balaban J connectivity index is 1.99. The Morgan fingerprint density at radius 1 is 1.62 bits per heavy atom. The Labute approximate surface area is 94.4 Å². The number of carboxylic acid groups (broad SMARTS) is 1. The van der Waals surface area contributed by atoms with Gasteiger partial charge in [0, 0.05) is 11.3 Å². The first kappa shape index (κ1) is 10.7. The molecular formula is C8H8N4O3S. The van der Waals surface area contributed by atoms with E-state index in [4.69, 9.17) is 9.52 Å². The molecular weight excluding hydrogens is 232 g/mol. The zero-order valence-corrected chi connectivity index (χ0v) is 8.92. The molecule has 0 saturated carbocycles. The fraction of sp³-hybridized carbons (Fsp3) is 0.250. The van der Waals surface area contributed by atoms with Crippen molar-refractivity contribution >= 4 is 17.7 Å². The van der Waals surface area contributed by atoms with Gasteiger partial charge in [0.15, 0.2) is 0 Å². The molecule has 0 fully saturated rings. The predicted molar refractivity (Wildman–Crippen MR) is 53.7 cm³/mol. The molecule has 0 unspecified atom stereocenters. The van der Waals surface area contributed by atoms with Crippen LogP contribution >= 0.6 is 11.8 Å². The highest BCUT2D eigenvalue weighted by molar-refractivity contribution is 7.98. The van der Waals surface area contributed by atoms with Gasteiger partial charge in [-0.1, -0.05) is 11.8 Å². The molecule has 1 N–H and O–H groups in total. The zero-order chi connectivity index (χ0) is 11.4. The van der Waals surface area contributed by atoms with Gasteiger partial charge in [0.25, 0.3) is 0 Å². The second kappa shape index (κ2) is 4.79. The summed E-state index contributed by atoms with van der Waals surface area (Å²) in [5, 5.41) is 19.9. The number of carboxylic acids is 1. The van der Waals surface area contributed by atoms with E-state index >= 15 is 0 Å². The van der Waals surface area contributed by atoms with Crippen LogP contribution in [0.3, 0.4) is 0 Å². The summed E-state index contributed by atoms with van der Waals surface area (Å²) in [4.78, 5) is 10.5. The van der Waals surface area contributed by atoms with Crippen LogP contribution in [0.4, 0.5) is 0 Å². The summed E-state index contributed by atoms with van der Waals surface area (Å²) in [7, 11) is 0. The van der Waals surface area contributed by atoms with Gasteiger partial charge < -0.3 is 9.52 Å². The lowest BCUT2D eigenvalue weighted by molar-refractivity contribution is -0.138. The lowest BCUT2D eigenvalue weighted by Crippen LogP contribution is -2.11. The summed E-state index contributed by atoms with van der Waals surface area (Å²) in [6.07, 6.45) is 3.20. The molecule has 84 valence electrons. The van der Waals surface area contributed by atoms with Gasteiger partial charge in [-0.3, -0.25) is 4.79 Å². The topological polar surface area (TPSA) is 94.0 Å². The second-order valence-electron chi connectivity index (χ2n) is 2.93. The molecule has 16 heavy (non-hydrogen) atoms. The Morgan fingerprint density at radius 3 is 3.19 bits per heavy atom. The maximum atomic E-state index is 10.5. The van der Waals surface area contributed by atoms with E-state index in [0.29, 0.717) is 10.9 Å². The SMILES string of the molecule is O=C(O)Cn1nnnc1SCc1ccoc1. The summed E-state index contributed by atoms with van der Waals surface area (Å²) < 4.78 is 6.16. The molecule has 0 aromatic carbocycles. The van der Waals surface area contributed by atoms with E-state index in [1.807, 2.05) is 6.07 Å². The summed E-state index contributed by atoms with van der Waals surface area (Å²) in [6.45, 7) is -0.235. The van der Waals surface area contributed by atoms with Crippen molar-refractivity contribution in [2.24, 2.45) is 0 Å². The number of carbonyl (C=O) groups is 1. The van der Waals surface area contributed by atoms with E-state index in [-0.39, 0.29) is 6.54 Å². The standard InChI is InChI=1S/C8H8N4O3S/c13-7(14)3-12-8(9-10-11-12)16-5-6-1-2-15-4-6/h1-2,4H,3,5H2,(H,13,14). The minimum atomic E-state index is -0.975. The number of thioether (sulfide) groups is 1. The molecule has 0 bridgehead atoms. The van der Waals surface area contributed by atoms with E-state index < -0.39 is 5.97 Å². The molecule has 2 aromatic rings. The minimum absolute atomic E-state index is 0.235. The van der Waals surface area contributed by atoms with Gasteiger partial charge >= 0.3 is 5.97 Å². The average Bonchev–Trinajstić information content (AvgIpc) is 2.84. The van der Waals surface area contributed by atoms with Gasteiger partial charge in [-0.15, -0.1) is 5.10 Å². The van der Waals surface area contributed by atoms with Crippen molar-refractivity contribution in [1.29, 1.82) is 0 Å². The normalized spacial score (nSPS) is 10.5. The fourth-order valence-corrected chi connectivity index (χ4v) is 1.85. The van der Waals surface area contributed by atoms with Crippen LogP contribution in [-0.2, 0) is 17.1 Å². The molecule has 0 aliphatic carbocycles. The highest BCUT2D eigenvalue weighted by Crippen LogP contribution is 2.19. The van der Waals surface area contributed by atoms with Gasteiger partial charge in [-0.2, -0.15) is 0 Å². The second-order valence-corrected chi connectivity index (χ2v) is 3.88. The number of tetrazole rings is 1. The van der Waals surface area contributed by atoms with Crippen LogP contribution in [0.5, 0.6) is 0 Å². The van der Waals surface area contributed by atoms with E-state index in [0.717, 1.165) is 5.56 Å². The summed E-state index contributed by atoms with van der Waals surface area (Å²) in [5.74, 6) is -0.339. The van der Waals surface area contributed by atoms with Crippen molar-refractivity contribution in [3.8, 4) is 0 Å². The molecule has 2 rings (SSSR count). The monoisotopic (exact) mass is 240 g/mol. The number of hydrogen-bond acceptors (Lipinski definition) is 6. The van der Waals surface area contributed by atoms with Crippen LogP contribution in [0.25, 0.3) is 0 Å². The molecule has 2 heterocycles. The van der Waals surface area contributed by atoms with Gasteiger partial charge in [-0.25, -0.2) is 4.68 Å². The van der Waals surface area contributed by atoms with Crippen molar-refractivity contribution in [3.05, 3.63) is 24.2 Å². The lowest BCUT2D eigenvalue weighted by atomic mass is 10.4. The van der Waals surface area contributed by atoms with Crippen LogP contribution in [0.1, 0.15) is 5.56 Å². The van der Waals surface area contributed by atoms with Crippen molar-refractivity contribution < 1.29 is 14.3 Å². The van der Waals surface area contributed by atoms with Crippen molar-refractivity contribution in [2.45, 2.75) is 17.5 Å². The first-order valence-corrected chi connectivity index (χ1v) is 5.36. The van der Waals surface area contributed by atoms with Crippen LogP contribution in [0.15, 0.2) is 28.2 Å². The summed E-state index contributed by atoms with van der Waals surface area (Å²) in [5.41, 5.74) is 0.995. The molecule has 8 heteroatoms. The Bertz CT molecular complexity index is 467. The zero-order valence-electron chi connectivity index (χ0n) is 8.11. The largest absolute Gasteiger partial charge is 0.480 e. The maximum Gasteiger partial charge on any atom is 0.325 e. The van der Waals surface area contributed by atoms with Crippen LogP contribution in [0.2, 0.25) is 0 Å². The Morgan fingerprint density at radius 2 is 2.50 bits per heavy atom. The number of nitrogens with zero attached hydrogens (tertiary/aromatic N) is 4. The van der Waals surface area contributed by atoms with E-state index in [1.165, 1.54) is 16.4 Å². The van der Waals surface area contributed by atoms with Crippen molar-refractivity contribution in [2.75, 3.05) is 0 Å². The Kier molecular flexibility index (Phi) is 3.20. The molecule has 0 atom stereocenters. The van der Waals surface area contributed by atoms with Gasteiger partial charge in [-0.05, 0) is 16.5 Å². The summed E-state index contributed by atoms with van der Waals surface area (Å²) in [6, 6.07) is 1.83. The number of hydrogen-bond donors (Lipinski definition) is 1. The maximum absolute atomic E-state index is 10.5. The molecule has 7 nitrogen and oxygen atoms in total. The number of furan rings is 1. The summed E-state index contributed by atoms with van der Waals surface area (Å²) >= 11 is 1.36. The molecule has 2 aromatic heterocycles. The van der Waals surface area contributed by atoms with E-state index in [1.54, 1.807) is 12.5 Å². The minimum Gasteiger partial charge on any atom is -0.480 e. The highest BCUT2D eigenvalue weighted by Gasteiger charge is 2.10. The quantitative estimate of drug-likeness (QED) is 0.766. The molecule has 0 aliphatic rings. The number of rotatable bonds is 5. The lowest BCUT2D eigenvalue weighted by Gasteiger charge is -1.99. The number of aliphatic carboxylic acids is 1. The molecule has 0 saturated heterocycles. The van der Waals surface area contributed by atoms with Crippen molar-refractivity contribution in [3.63, 3.8) is 0 Å². The van der Waals surface area contributed by atoms with Crippen molar-refractivity contribution in [1.82, 2.24) is 20.2 Å². The highest BCUT2D eigenvalue weighted by atomic mass is 32.2. The van der Waals surface area contributed by atoms with Gasteiger partial charge in [0.1, 0.15) is 6.54 Å². The van der Waals surface area contributed by atoms with Gasteiger partial charge in [0.2, 0.25) is 5.16 Å². The first-order valence-electron chi connectivity index (χ1n) is 4.37. The van der Waals surface area contributed by atoms with E-state index in [9.17, 15) is 4.79 Å². The van der Waals surface area contributed by atoms with Crippen LogP contribution in [0, 0.1) is 0 Å². The molecule has 0 spiro atoms. The Hall–Kier alpha value is -1.83. The molecule has 0 aliphatic heterocycles. The molecule has 0 amide bonds. The third-order valence-electron chi connectivity index (χ3n) is 1.73. The van der Waals surface area contributed by atoms with Crippen LogP contribution < -0.4 is 0 Å². The third-order valence-corrected chi connectivity index (χ3v) is 2.76. The van der Waals surface area contributed by atoms with E-state index in [2.05, 4.69) is 15.5 Å². The third kappa shape index (κ3) is 2.60. The first-order chi connectivity index (χ1) is 7.75. The van der Waals surface area contributed by atoms with Crippen LogP contribution in [-0.4, -0.2) is 31.3 Å². The smallest absolute Gasteiger partial charge is 0.325 e. The molecule has 0 radical (unpaired) electrons. The fourth-order valence-electron chi connectivity index (χ4n) is 1.05. The number of aromatic nitrogens is 4. The van der Waals surface area contributed by atoms with Gasteiger partial charge in [0.05, 0.1) is 12.5 Å². The average molecular weight is 240 g/mol. The predicted octanol–water partition coefficient (Wildman–Crippen LogP) is 0.643.